The monoisotopic (exact) mass is 474 g/mol. The highest BCUT2D eigenvalue weighted by molar-refractivity contribution is 7.14. The molecule has 0 unspecified atom stereocenters. The number of amides is 1. The number of benzene rings is 2. The van der Waals surface area contributed by atoms with Gasteiger partial charge in [0, 0.05) is 35.8 Å². The van der Waals surface area contributed by atoms with Gasteiger partial charge in [-0.15, -0.1) is 11.3 Å². The fourth-order valence-electron chi connectivity index (χ4n) is 3.76. The molecule has 1 aromatic heterocycles. The van der Waals surface area contributed by atoms with E-state index in [9.17, 15) is 23.2 Å². The van der Waals surface area contributed by atoms with Gasteiger partial charge in [0.15, 0.2) is 5.13 Å². The van der Waals surface area contributed by atoms with Crippen molar-refractivity contribution in [3.05, 3.63) is 64.2 Å². The quantitative estimate of drug-likeness (QED) is 0.216. The molecule has 172 valence electrons. The SMILES string of the molecule is C=[N+]([O-])c1ccc(N2CCCCC2)cc1C(=O)Nc1nc(-c2cccc(C(F)(F)F)c2)cs1. The van der Waals surface area contributed by atoms with Crippen molar-refractivity contribution in [2.45, 2.75) is 25.4 Å². The van der Waals surface area contributed by atoms with Crippen LogP contribution in [-0.2, 0) is 6.18 Å². The van der Waals surface area contributed by atoms with Crippen molar-refractivity contribution in [1.82, 2.24) is 4.98 Å². The molecule has 1 fully saturated rings. The van der Waals surface area contributed by atoms with Crippen molar-refractivity contribution >= 4 is 40.5 Å². The van der Waals surface area contributed by atoms with Crippen molar-refractivity contribution in [2.75, 3.05) is 23.3 Å². The third-order valence-corrected chi connectivity index (χ3v) is 6.18. The first-order valence-corrected chi connectivity index (χ1v) is 11.2. The summed E-state index contributed by atoms with van der Waals surface area (Å²) < 4.78 is 39.4. The first-order valence-electron chi connectivity index (χ1n) is 10.3. The van der Waals surface area contributed by atoms with Crippen LogP contribution in [0.4, 0.5) is 29.7 Å². The molecule has 1 aliphatic rings. The van der Waals surface area contributed by atoms with E-state index in [1.165, 1.54) is 12.1 Å². The molecule has 0 atom stereocenters. The van der Waals surface area contributed by atoms with Crippen LogP contribution in [-0.4, -0.2) is 35.4 Å². The average Bonchev–Trinajstić information content (AvgIpc) is 3.27. The summed E-state index contributed by atoms with van der Waals surface area (Å²) in [4.78, 5) is 19.4. The van der Waals surface area contributed by atoms with E-state index < -0.39 is 17.6 Å². The second-order valence-electron chi connectivity index (χ2n) is 7.70. The van der Waals surface area contributed by atoms with E-state index in [2.05, 4.69) is 21.9 Å². The molecule has 1 N–H and O–H groups in total. The van der Waals surface area contributed by atoms with Gasteiger partial charge in [0.05, 0.1) is 11.3 Å². The number of piperidine rings is 1. The molecule has 2 aromatic carbocycles. The van der Waals surface area contributed by atoms with Crippen molar-refractivity contribution in [2.24, 2.45) is 0 Å². The van der Waals surface area contributed by atoms with E-state index >= 15 is 0 Å². The van der Waals surface area contributed by atoms with Gasteiger partial charge in [-0.05, 0) is 43.5 Å². The molecule has 0 bridgehead atoms. The van der Waals surface area contributed by atoms with Crippen molar-refractivity contribution in [3.63, 3.8) is 0 Å². The molecule has 1 amide bonds. The van der Waals surface area contributed by atoms with Gasteiger partial charge in [0.2, 0.25) is 5.69 Å². The Morgan fingerprint density at radius 2 is 1.91 bits per heavy atom. The third-order valence-electron chi connectivity index (χ3n) is 5.42. The van der Waals surface area contributed by atoms with E-state index in [-0.39, 0.29) is 21.9 Å². The van der Waals surface area contributed by atoms with Crippen LogP contribution in [0.1, 0.15) is 35.2 Å². The lowest BCUT2D eigenvalue weighted by molar-refractivity contribution is -0.350. The lowest BCUT2D eigenvalue weighted by Gasteiger charge is -2.29. The minimum Gasteiger partial charge on any atom is -0.619 e. The number of carbonyl (C=O) groups is 1. The second kappa shape index (κ2) is 9.22. The second-order valence-corrected chi connectivity index (χ2v) is 8.56. The molecule has 6 nitrogen and oxygen atoms in total. The van der Waals surface area contributed by atoms with E-state index in [4.69, 9.17) is 0 Å². The van der Waals surface area contributed by atoms with Gasteiger partial charge in [-0.3, -0.25) is 10.1 Å². The molecular formula is C23H21F3N4O2S. The topological polar surface area (TPSA) is 71.3 Å². The summed E-state index contributed by atoms with van der Waals surface area (Å²) in [6.45, 7) is 5.10. The summed E-state index contributed by atoms with van der Waals surface area (Å²) in [5.41, 5.74) is 0.934. The molecule has 3 aromatic rings. The van der Waals surface area contributed by atoms with Crippen molar-refractivity contribution in [1.29, 1.82) is 0 Å². The average molecular weight is 475 g/mol. The molecule has 0 spiro atoms. The number of anilines is 2. The number of hydrogen-bond acceptors (Lipinski definition) is 5. The van der Waals surface area contributed by atoms with Crippen LogP contribution in [0.5, 0.6) is 0 Å². The number of aromatic nitrogens is 1. The number of thiazole rings is 1. The highest BCUT2D eigenvalue weighted by atomic mass is 32.1. The molecule has 10 heteroatoms. The summed E-state index contributed by atoms with van der Waals surface area (Å²) >= 11 is 1.09. The van der Waals surface area contributed by atoms with Gasteiger partial charge in [0.25, 0.3) is 5.91 Å². The molecule has 1 aliphatic heterocycles. The van der Waals surface area contributed by atoms with Gasteiger partial charge >= 0.3 is 6.18 Å². The van der Waals surface area contributed by atoms with Crippen LogP contribution >= 0.6 is 11.3 Å². The summed E-state index contributed by atoms with van der Waals surface area (Å²) in [5, 5.41) is 16.4. The van der Waals surface area contributed by atoms with Crippen LogP contribution in [0.3, 0.4) is 0 Å². The lowest BCUT2D eigenvalue weighted by atomic mass is 10.1. The van der Waals surface area contributed by atoms with Gasteiger partial charge in [-0.1, -0.05) is 12.1 Å². The normalized spacial score (nSPS) is 14.2. The largest absolute Gasteiger partial charge is 0.619 e. The fraction of sp³-hybridized carbons (Fsp3) is 0.261. The first kappa shape index (κ1) is 22.8. The lowest BCUT2D eigenvalue weighted by Crippen LogP contribution is -2.29. The maximum Gasteiger partial charge on any atom is 0.416 e. The minimum atomic E-state index is -4.46. The number of nitrogens with zero attached hydrogens (tertiary/aromatic N) is 3. The Bertz CT molecular complexity index is 1190. The summed E-state index contributed by atoms with van der Waals surface area (Å²) in [7, 11) is 0. The highest BCUT2D eigenvalue weighted by Gasteiger charge is 2.30. The predicted octanol–water partition coefficient (Wildman–Crippen LogP) is 5.91. The zero-order valence-electron chi connectivity index (χ0n) is 17.6. The molecule has 33 heavy (non-hydrogen) atoms. The Kier molecular flexibility index (Phi) is 6.37. The van der Waals surface area contributed by atoms with Crippen LogP contribution in [0.25, 0.3) is 11.3 Å². The molecule has 4 rings (SSSR count). The van der Waals surface area contributed by atoms with Crippen LogP contribution in [0.2, 0.25) is 0 Å². The maximum atomic E-state index is 13.0. The molecule has 0 saturated carbocycles. The van der Waals surface area contributed by atoms with Crippen LogP contribution in [0.15, 0.2) is 47.8 Å². The van der Waals surface area contributed by atoms with E-state index in [0.29, 0.717) is 10.4 Å². The number of nitrogens with one attached hydrogen (secondary N) is 1. The van der Waals surface area contributed by atoms with Gasteiger partial charge < -0.3 is 10.1 Å². The smallest absolute Gasteiger partial charge is 0.416 e. The van der Waals surface area contributed by atoms with Gasteiger partial charge in [0.1, 0.15) is 12.3 Å². The number of halogens is 3. The Morgan fingerprint density at radius 3 is 2.61 bits per heavy atom. The summed E-state index contributed by atoms with van der Waals surface area (Å²) in [5.74, 6) is -0.543. The molecular weight excluding hydrogens is 453 g/mol. The molecule has 2 heterocycles. The van der Waals surface area contributed by atoms with Crippen LogP contribution < -0.4 is 10.2 Å². The Labute approximate surface area is 192 Å². The minimum absolute atomic E-state index is 0.114. The fourth-order valence-corrected chi connectivity index (χ4v) is 4.47. The standard InChI is InChI=1S/C23H21F3N4O2S/c1-29(32)20-9-8-17(30-10-3-2-4-11-30)13-18(20)21(31)28-22-27-19(14-33-22)15-6-5-7-16(12-15)23(24,25)26/h5-9,12-14H,1-4,10-11H2,(H,27,28,31). The van der Waals surface area contributed by atoms with Crippen LogP contribution in [0, 0.1) is 5.21 Å². The zero-order valence-corrected chi connectivity index (χ0v) is 18.4. The Balaban J connectivity index is 1.58. The molecule has 0 aliphatic carbocycles. The van der Waals surface area contributed by atoms with E-state index in [0.717, 1.165) is 61.5 Å². The number of hydrogen-bond donors (Lipinski definition) is 1. The Hall–Kier alpha value is -3.40. The van der Waals surface area contributed by atoms with Crippen molar-refractivity contribution < 1.29 is 22.7 Å². The summed E-state index contributed by atoms with van der Waals surface area (Å²) in [6.07, 6.45) is -1.18. The number of rotatable bonds is 5. The van der Waals surface area contributed by atoms with E-state index in [1.807, 2.05) is 0 Å². The van der Waals surface area contributed by atoms with Gasteiger partial charge in [-0.2, -0.15) is 17.9 Å². The van der Waals surface area contributed by atoms with Crippen molar-refractivity contribution in [3.8, 4) is 11.3 Å². The molecule has 0 radical (unpaired) electrons. The first-order chi connectivity index (χ1) is 15.7. The zero-order chi connectivity index (χ0) is 23.6. The van der Waals surface area contributed by atoms with E-state index in [1.54, 1.807) is 23.6 Å². The highest BCUT2D eigenvalue weighted by Crippen LogP contribution is 2.33. The third kappa shape index (κ3) is 5.16. The summed E-state index contributed by atoms with van der Waals surface area (Å²) in [6, 6.07) is 9.85. The number of carbonyl (C=O) groups excluding carboxylic acids is 1. The van der Waals surface area contributed by atoms with Gasteiger partial charge in [-0.25, -0.2) is 4.98 Å². The Morgan fingerprint density at radius 1 is 1.15 bits per heavy atom. The number of alkyl halides is 3. The molecule has 1 saturated heterocycles. The predicted molar refractivity (Wildman–Crippen MR) is 123 cm³/mol. The maximum absolute atomic E-state index is 13.0.